The van der Waals surface area contributed by atoms with Gasteiger partial charge in [0.15, 0.2) is 5.78 Å². The number of ketones is 1. The van der Waals surface area contributed by atoms with Crippen molar-refractivity contribution in [1.82, 2.24) is 4.98 Å². The van der Waals surface area contributed by atoms with Gasteiger partial charge in [-0.15, -0.1) is 0 Å². The monoisotopic (exact) mass is 353 g/mol. The van der Waals surface area contributed by atoms with Gasteiger partial charge in [0.2, 0.25) is 0 Å². The maximum atomic E-state index is 12.3. The van der Waals surface area contributed by atoms with Crippen molar-refractivity contribution in [1.29, 1.82) is 0 Å². The van der Waals surface area contributed by atoms with Crippen LogP contribution < -0.4 is 4.74 Å². The number of hydrogen-bond donors (Lipinski definition) is 0. The lowest BCUT2D eigenvalue weighted by atomic mass is 10.1. The number of carbonyl (C=O) groups excluding carboxylic acids is 1. The van der Waals surface area contributed by atoms with Crippen LogP contribution in [0.2, 0.25) is 0 Å². The molecule has 0 radical (unpaired) electrons. The number of halogens is 1. The molecule has 18 heavy (non-hydrogen) atoms. The fourth-order valence-electron chi connectivity index (χ4n) is 1.59. The van der Waals surface area contributed by atoms with Gasteiger partial charge < -0.3 is 4.74 Å². The smallest absolute Gasteiger partial charge is 0.195 e. The zero-order valence-corrected chi connectivity index (χ0v) is 12.0. The predicted molar refractivity (Wildman–Crippen MR) is 78.0 cm³/mol. The summed E-state index contributed by atoms with van der Waals surface area (Å²) in [5.41, 5.74) is 1.23. The van der Waals surface area contributed by atoms with Crippen molar-refractivity contribution in [2.24, 2.45) is 0 Å². The van der Waals surface area contributed by atoms with E-state index in [9.17, 15) is 4.79 Å². The molecule has 0 saturated carbocycles. The Kier molecular flexibility index (Phi) is 4.30. The molecule has 2 aromatic rings. The zero-order valence-electron chi connectivity index (χ0n) is 9.89. The number of ether oxygens (including phenoxy) is 1. The molecule has 1 aromatic carbocycles. The van der Waals surface area contributed by atoms with E-state index in [1.165, 1.54) is 0 Å². The highest BCUT2D eigenvalue weighted by molar-refractivity contribution is 14.1. The standard InChI is InChI=1S/C14H12INO2/c1-2-18-11-7-10(8-16-9-11)14(17)12-5-3-4-6-13(12)15/h3-9H,2H2,1H3. The number of benzene rings is 1. The first-order valence-electron chi connectivity index (χ1n) is 5.59. The molecule has 0 spiro atoms. The first kappa shape index (κ1) is 13.0. The highest BCUT2D eigenvalue weighted by Gasteiger charge is 2.13. The summed E-state index contributed by atoms with van der Waals surface area (Å²) < 4.78 is 6.28. The Bertz CT molecular complexity index is 569. The Labute approximate surface area is 119 Å². The van der Waals surface area contributed by atoms with E-state index in [0.717, 1.165) is 3.57 Å². The van der Waals surface area contributed by atoms with E-state index in [0.29, 0.717) is 23.5 Å². The van der Waals surface area contributed by atoms with Gasteiger partial charge in [0.25, 0.3) is 0 Å². The van der Waals surface area contributed by atoms with Gasteiger partial charge in [-0.25, -0.2) is 0 Å². The average molecular weight is 353 g/mol. The lowest BCUT2D eigenvalue weighted by Crippen LogP contribution is -2.04. The molecule has 0 aliphatic rings. The summed E-state index contributed by atoms with van der Waals surface area (Å²) in [5, 5.41) is 0. The normalized spacial score (nSPS) is 10.1. The van der Waals surface area contributed by atoms with E-state index in [1.54, 1.807) is 18.5 Å². The first-order chi connectivity index (χ1) is 8.72. The lowest BCUT2D eigenvalue weighted by Gasteiger charge is -2.06. The highest BCUT2D eigenvalue weighted by atomic mass is 127. The van der Waals surface area contributed by atoms with E-state index in [1.807, 2.05) is 31.2 Å². The third kappa shape index (κ3) is 2.87. The summed E-state index contributed by atoms with van der Waals surface area (Å²) in [5.74, 6) is 0.586. The number of pyridine rings is 1. The van der Waals surface area contributed by atoms with E-state index in [2.05, 4.69) is 27.6 Å². The van der Waals surface area contributed by atoms with Crippen LogP contribution in [-0.2, 0) is 0 Å². The SMILES string of the molecule is CCOc1cncc(C(=O)c2ccccc2I)c1. The Morgan fingerprint density at radius 3 is 2.83 bits per heavy atom. The summed E-state index contributed by atoms with van der Waals surface area (Å²) in [4.78, 5) is 16.4. The van der Waals surface area contributed by atoms with Crippen LogP contribution in [0.5, 0.6) is 5.75 Å². The number of hydrogen-bond acceptors (Lipinski definition) is 3. The Hall–Kier alpha value is -1.43. The van der Waals surface area contributed by atoms with Gasteiger partial charge in [-0.1, -0.05) is 12.1 Å². The van der Waals surface area contributed by atoms with Gasteiger partial charge in [-0.2, -0.15) is 0 Å². The Morgan fingerprint density at radius 2 is 2.11 bits per heavy atom. The number of rotatable bonds is 4. The van der Waals surface area contributed by atoms with Crippen molar-refractivity contribution in [3.8, 4) is 5.75 Å². The average Bonchev–Trinajstić information content (AvgIpc) is 2.39. The van der Waals surface area contributed by atoms with Crippen LogP contribution in [0.4, 0.5) is 0 Å². The van der Waals surface area contributed by atoms with Crippen molar-refractivity contribution in [2.45, 2.75) is 6.92 Å². The molecule has 1 heterocycles. The lowest BCUT2D eigenvalue weighted by molar-refractivity contribution is 0.103. The number of carbonyl (C=O) groups is 1. The molecule has 0 aliphatic carbocycles. The van der Waals surface area contributed by atoms with Crippen molar-refractivity contribution < 1.29 is 9.53 Å². The molecule has 0 fully saturated rings. The summed E-state index contributed by atoms with van der Waals surface area (Å²) in [6.45, 7) is 2.46. The minimum Gasteiger partial charge on any atom is -0.492 e. The molecule has 0 unspecified atom stereocenters. The maximum Gasteiger partial charge on any atom is 0.195 e. The molecular formula is C14H12INO2. The predicted octanol–water partition coefficient (Wildman–Crippen LogP) is 3.32. The molecule has 0 aliphatic heterocycles. The van der Waals surface area contributed by atoms with Crippen LogP contribution in [0.1, 0.15) is 22.8 Å². The van der Waals surface area contributed by atoms with Gasteiger partial charge in [-0.05, 0) is 47.7 Å². The maximum absolute atomic E-state index is 12.3. The van der Waals surface area contributed by atoms with E-state index in [-0.39, 0.29) is 5.78 Å². The third-order valence-electron chi connectivity index (χ3n) is 2.40. The minimum absolute atomic E-state index is 0.0333. The van der Waals surface area contributed by atoms with Crippen molar-refractivity contribution >= 4 is 28.4 Å². The van der Waals surface area contributed by atoms with Crippen LogP contribution in [0.15, 0.2) is 42.7 Å². The van der Waals surface area contributed by atoms with E-state index in [4.69, 9.17) is 4.74 Å². The first-order valence-corrected chi connectivity index (χ1v) is 6.67. The molecular weight excluding hydrogens is 341 g/mol. The van der Waals surface area contributed by atoms with E-state index < -0.39 is 0 Å². The fraction of sp³-hybridized carbons (Fsp3) is 0.143. The van der Waals surface area contributed by atoms with Crippen molar-refractivity contribution in [3.05, 3.63) is 57.4 Å². The Balaban J connectivity index is 2.34. The molecule has 0 atom stereocenters. The summed E-state index contributed by atoms with van der Waals surface area (Å²) in [6, 6.07) is 9.22. The van der Waals surface area contributed by atoms with Crippen molar-refractivity contribution in [3.63, 3.8) is 0 Å². The summed E-state index contributed by atoms with van der Waals surface area (Å²) in [6.07, 6.45) is 3.17. The van der Waals surface area contributed by atoms with Crippen LogP contribution in [0, 0.1) is 3.57 Å². The van der Waals surface area contributed by atoms with E-state index >= 15 is 0 Å². The highest BCUT2D eigenvalue weighted by Crippen LogP contribution is 2.18. The summed E-state index contributed by atoms with van der Waals surface area (Å²) >= 11 is 2.16. The second kappa shape index (κ2) is 5.95. The molecule has 2 rings (SSSR count). The second-order valence-corrected chi connectivity index (χ2v) is 4.81. The second-order valence-electron chi connectivity index (χ2n) is 3.65. The van der Waals surface area contributed by atoms with Crippen LogP contribution in [0.25, 0.3) is 0 Å². The molecule has 92 valence electrons. The van der Waals surface area contributed by atoms with Crippen LogP contribution in [0.3, 0.4) is 0 Å². The van der Waals surface area contributed by atoms with Crippen molar-refractivity contribution in [2.75, 3.05) is 6.61 Å². The van der Waals surface area contributed by atoms with Crippen LogP contribution in [-0.4, -0.2) is 17.4 Å². The quantitative estimate of drug-likeness (QED) is 0.625. The molecule has 4 heteroatoms. The molecule has 3 nitrogen and oxygen atoms in total. The van der Waals surface area contributed by atoms with Gasteiger partial charge in [-0.3, -0.25) is 9.78 Å². The Morgan fingerprint density at radius 1 is 1.33 bits per heavy atom. The molecule has 0 saturated heterocycles. The number of nitrogens with zero attached hydrogens (tertiary/aromatic N) is 1. The van der Waals surface area contributed by atoms with Gasteiger partial charge in [0.1, 0.15) is 5.75 Å². The molecule has 0 amide bonds. The fourth-order valence-corrected chi connectivity index (χ4v) is 2.22. The topological polar surface area (TPSA) is 39.2 Å². The molecule has 1 aromatic heterocycles. The van der Waals surface area contributed by atoms with Gasteiger partial charge >= 0.3 is 0 Å². The number of aromatic nitrogens is 1. The van der Waals surface area contributed by atoms with Crippen LogP contribution >= 0.6 is 22.6 Å². The summed E-state index contributed by atoms with van der Waals surface area (Å²) in [7, 11) is 0. The minimum atomic E-state index is -0.0333. The third-order valence-corrected chi connectivity index (χ3v) is 3.35. The molecule has 0 bridgehead atoms. The zero-order chi connectivity index (χ0) is 13.0. The largest absolute Gasteiger partial charge is 0.492 e. The van der Waals surface area contributed by atoms with Gasteiger partial charge in [0.05, 0.1) is 12.8 Å². The van der Waals surface area contributed by atoms with Gasteiger partial charge in [0, 0.05) is 20.9 Å². The molecule has 0 N–H and O–H groups in total.